The highest BCUT2D eigenvalue weighted by Crippen LogP contribution is 2.02. The van der Waals surface area contributed by atoms with Crippen LogP contribution in [0.1, 0.15) is 18.1 Å². The van der Waals surface area contributed by atoms with E-state index in [0.29, 0.717) is 12.2 Å². The Morgan fingerprint density at radius 1 is 1.31 bits per heavy atom. The lowest BCUT2D eigenvalue weighted by atomic mass is 10.1. The standard InChI is InChI=1S/C13H18N2O/c1-4-12(14-3)13(16)15-9-11-7-5-10(2)6-8-11/h4-8,14H,9H2,1-3H3,(H,15,16)/b12-4+. The fourth-order valence-electron chi connectivity index (χ4n) is 1.37. The molecule has 1 rings (SSSR count). The first-order chi connectivity index (χ1) is 7.67. The van der Waals surface area contributed by atoms with Crippen molar-refractivity contribution in [3.63, 3.8) is 0 Å². The van der Waals surface area contributed by atoms with Gasteiger partial charge in [-0.25, -0.2) is 0 Å². The average Bonchev–Trinajstić information content (AvgIpc) is 2.30. The largest absolute Gasteiger partial charge is 0.384 e. The van der Waals surface area contributed by atoms with Crippen molar-refractivity contribution in [3.05, 3.63) is 47.2 Å². The van der Waals surface area contributed by atoms with Gasteiger partial charge < -0.3 is 10.6 Å². The van der Waals surface area contributed by atoms with E-state index < -0.39 is 0 Å². The van der Waals surface area contributed by atoms with Crippen LogP contribution in [0.15, 0.2) is 36.0 Å². The number of likely N-dealkylation sites (N-methyl/N-ethyl adjacent to an activating group) is 1. The molecular weight excluding hydrogens is 200 g/mol. The third-order valence-corrected chi connectivity index (χ3v) is 2.38. The molecule has 0 unspecified atom stereocenters. The van der Waals surface area contributed by atoms with Gasteiger partial charge in [-0.05, 0) is 19.4 Å². The highest BCUT2D eigenvalue weighted by atomic mass is 16.2. The normalized spacial score (nSPS) is 11.1. The second kappa shape index (κ2) is 5.95. The molecule has 2 N–H and O–H groups in total. The van der Waals surface area contributed by atoms with Gasteiger partial charge in [0.05, 0.1) is 5.70 Å². The molecule has 0 heterocycles. The number of rotatable bonds is 4. The Hall–Kier alpha value is -1.77. The van der Waals surface area contributed by atoms with Gasteiger partial charge in [0.2, 0.25) is 0 Å². The molecule has 0 saturated carbocycles. The highest BCUT2D eigenvalue weighted by molar-refractivity contribution is 5.92. The van der Waals surface area contributed by atoms with E-state index in [1.54, 1.807) is 13.1 Å². The van der Waals surface area contributed by atoms with Crippen LogP contribution in [0.25, 0.3) is 0 Å². The smallest absolute Gasteiger partial charge is 0.267 e. The molecule has 0 aliphatic heterocycles. The number of carbonyl (C=O) groups excluding carboxylic acids is 1. The van der Waals surface area contributed by atoms with E-state index in [1.807, 2.05) is 38.1 Å². The highest BCUT2D eigenvalue weighted by Gasteiger charge is 2.04. The van der Waals surface area contributed by atoms with Gasteiger partial charge in [-0.2, -0.15) is 0 Å². The quantitative estimate of drug-likeness (QED) is 0.756. The van der Waals surface area contributed by atoms with Gasteiger partial charge in [-0.3, -0.25) is 4.79 Å². The third-order valence-electron chi connectivity index (χ3n) is 2.38. The van der Waals surface area contributed by atoms with Crippen LogP contribution in [0.4, 0.5) is 0 Å². The van der Waals surface area contributed by atoms with Crippen molar-refractivity contribution >= 4 is 5.91 Å². The van der Waals surface area contributed by atoms with Crippen molar-refractivity contribution < 1.29 is 4.79 Å². The number of aryl methyl sites for hydroxylation is 1. The second-order valence-corrected chi connectivity index (χ2v) is 3.62. The summed E-state index contributed by atoms with van der Waals surface area (Å²) in [6, 6.07) is 8.11. The summed E-state index contributed by atoms with van der Waals surface area (Å²) in [6.45, 7) is 4.43. The molecule has 0 saturated heterocycles. The maximum absolute atomic E-state index is 11.6. The minimum Gasteiger partial charge on any atom is -0.384 e. The van der Waals surface area contributed by atoms with Gasteiger partial charge in [0, 0.05) is 13.6 Å². The summed E-state index contributed by atoms with van der Waals surface area (Å²) < 4.78 is 0. The van der Waals surface area contributed by atoms with E-state index in [4.69, 9.17) is 0 Å². The van der Waals surface area contributed by atoms with Gasteiger partial charge in [0.25, 0.3) is 5.91 Å². The summed E-state index contributed by atoms with van der Waals surface area (Å²) in [5.74, 6) is -0.0782. The van der Waals surface area contributed by atoms with Crippen LogP contribution in [0.2, 0.25) is 0 Å². The average molecular weight is 218 g/mol. The van der Waals surface area contributed by atoms with Crippen LogP contribution >= 0.6 is 0 Å². The Kier molecular flexibility index (Phi) is 4.58. The predicted molar refractivity (Wildman–Crippen MR) is 65.8 cm³/mol. The maximum Gasteiger partial charge on any atom is 0.267 e. The molecule has 0 spiro atoms. The molecule has 1 aromatic rings. The van der Waals surface area contributed by atoms with Crippen molar-refractivity contribution in [1.82, 2.24) is 10.6 Å². The van der Waals surface area contributed by atoms with E-state index in [0.717, 1.165) is 5.56 Å². The molecule has 0 radical (unpaired) electrons. The number of nitrogens with one attached hydrogen (secondary N) is 2. The molecule has 3 heteroatoms. The zero-order chi connectivity index (χ0) is 12.0. The zero-order valence-corrected chi connectivity index (χ0v) is 10.0. The van der Waals surface area contributed by atoms with Crippen molar-refractivity contribution in [2.24, 2.45) is 0 Å². The number of amides is 1. The molecule has 0 aliphatic rings. The lowest BCUT2D eigenvalue weighted by Crippen LogP contribution is -2.29. The van der Waals surface area contributed by atoms with Crippen molar-refractivity contribution in [2.45, 2.75) is 20.4 Å². The Bertz CT molecular complexity index is 379. The second-order valence-electron chi connectivity index (χ2n) is 3.62. The monoisotopic (exact) mass is 218 g/mol. The molecule has 86 valence electrons. The molecule has 0 atom stereocenters. The van der Waals surface area contributed by atoms with Crippen LogP contribution in [0, 0.1) is 6.92 Å². The molecule has 0 bridgehead atoms. The number of benzene rings is 1. The van der Waals surface area contributed by atoms with Gasteiger partial charge in [0.1, 0.15) is 0 Å². The first-order valence-electron chi connectivity index (χ1n) is 5.35. The first-order valence-corrected chi connectivity index (χ1v) is 5.35. The number of hydrogen-bond donors (Lipinski definition) is 2. The molecule has 0 aromatic heterocycles. The molecule has 3 nitrogen and oxygen atoms in total. The van der Waals surface area contributed by atoms with Crippen molar-refractivity contribution in [1.29, 1.82) is 0 Å². The van der Waals surface area contributed by atoms with Crippen molar-refractivity contribution in [3.8, 4) is 0 Å². The van der Waals surface area contributed by atoms with Crippen LogP contribution < -0.4 is 10.6 Å². The number of carbonyl (C=O) groups is 1. The lowest BCUT2D eigenvalue weighted by molar-refractivity contribution is -0.118. The topological polar surface area (TPSA) is 41.1 Å². The summed E-state index contributed by atoms with van der Waals surface area (Å²) in [5, 5.41) is 5.70. The van der Waals surface area contributed by atoms with Gasteiger partial charge >= 0.3 is 0 Å². The van der Waals surface area contributed by atoms with E-state index in [-0.39, 0.29) is 5.91 Å². The lowest BCUT2D eigenvalue weighted by Gasteiger charge is -2.08. The van der Waals surface area contributed by atoms with E-state index in [2.05, 4.69) is 10.6 Å². The van der Waals surface area contributed by atoms with Crippen LogP contribution in [0.5, 0.6) is 0 Å². The first kappa shape index (κ1) is 12.3. The minimum absolute atomic E-state index is 0.0782. The Balaban J connectivity index is 2.52. The summed E-state index contributed by atoms with van der Waals surface area (Å²) in [7, 11) is 1.74. The van der Waals surface area contributed by atoms with E-state index >= 15 is 0 Å². The third kappa shape index (κ3) is 3.42. The molecule has 16 heavy (non-hydrogen) atoms. The molecular formula is C13H18N2O. The number of hydrogen-bond acceptors (Lipinski definition) is 2. The molecule has 0 aliphatic carbocycles. The summed E-state index contributed by atoms with van der Waals surface area (Å²) in [4.78, 5) is 11.6. The molecule has 1 aromatic carbocycles. The zero-order valence-electron chi connectivity index (χ0n) is 10.0. The Morgan fingerprint density at radius 3 is 2.44 bits per heavy atom. The van der Waals surface area contributed by atoms with E-state index in [9.17, 15) is 4.79 Å². The van der Waals surface area contributed by atoms with Crippen molar-refractivity contribution in [2.75, 3.05) is 7.05 Å². The van der Waals surface area contributed by atoms with Crippen LogP contribution in [-0.2, 0) is 11.3 Å². The van der Waals surface area contributed by atoms with E-state index in [1.165, 1.54) is 5.56 Å². The van der Waals surface area contributed by atoms with Crippen LogP contribution in [0.3, 0.4) is 0 Å². The predicted octanol–water partition coefficient (Wildman–Crippen LogP) is 1.73. The maximum atomic E-state index is 11.6. The van der Waals surface area contributed by atoms with Gasteiger partial charge in [-0.1, -0.05) is 35.9 Å². The van der Waals surface area contributed by atoms with Crippen LogP contribution in [-0.4, -0.2) is 13.0 Å². The fourth-order valence-corrected chi connectivity index (χ4v) is 1.37. The summed E-state index contributed by atoms with van der Waals surface area (Å²) in [6.07, 6.45) is 1.75. The van der Waals surface area contributed by atoms with Gasteiger partial charge in [0.15, 0.2) is 0 Å². The van der Waals surface area contributed by atoms with Gasteiger partial charge in [-0.15, -0.1) is 0 Å². The fraction of sp³-hybridized carbons (Fsp3) is 0.308. The summed E-state index contributed by atoms with van der Waals surface area (Å²) >= 11 is 0. The molecule has 1 amide bonds. The molecule has 0 fully saturated rings. The summed E-state index contributed by atoms with van der Waals surface area (Å²) in [5.41, 5.74) is 2.91. The Morgan fingerprint density at radius 2 is 1.94 bits per heavy atom. The SMILES string of the molecule is C/C=C(/NC)C(=O)NCc1ccc(C)cc1. The Labute approximate surface area is 96.6 Å². The number of allylic oxidation sites excluding steroid dienone is 1. The minimum atomic E-state index is -0.0782.